The number of allylic oxidation sites excluding steroid dienone is 1. The Morgan fingerprint density at radius 1 is 1.28 bits per heavy atom. The second-order valence-corrected chi connectivity index (χ2v) is 7.46. The zero-order valence-electron chi connectivity index (χ0n) is 16.8. The summed E-state index contributed by atoms with van der Waals surface area (Å²) in [5.41, 5.74) is 6.46. The monoisotopic (exact) mass is 425 g/mol. The van der Waals surface area contributed by atoms with E-state index in [9.17, 15) is 0 Å². The molecule has 1 aliphatic heterocycles. The molecular formula is C20H28ClN3O5. The number of halogens is 1. The summed E-state index contributed by atoms with van der Waals surface area (Å²) in [6, 6.07) is 6.21. The molecular weight excluding hydrogens is 398 g/mol. The van der Waals surface area contributed by atoms with Crippen LogP contribution in [0, 0.1) is 17.2 Å². The van der Waals surface area contributed by atoms with Crippen molar-refractivity contribution >= 4 is 11.8 Å². The van der Waals surface area contributed by atoms with Crippen LogP contribution >= 0.6 is 0 Å². The fraction of sp³-hybridized carbons (Fsp3) is 0.350. The molecule has 0 aliphatic carbocycles. The summed E-state index contributed by atoms with van der Waals surface area (Å²) < 4.78 is 35.7. The number of rotatable bonds is 7. The number of nitrogens with one attached hydrogen (secondary N) is 2. The van der Waals surface area contributed by atoms with Crippen molar-refractivity contribution in [2.24, 2.45) is 4.99 Å². The molecule has 29 heavy (non-hydrogen) atoms. The first-order valence-corrected chi connectivity index (χ1v) is 10.6. The Hall–Kier alpha value is -2.36. The van der Waals surface area contributed by atoms with Crippen molar-refractivity contribution in [1.29, 1.82) is 0 Å². The average molecular weight is 426 g/mol. The molecule has 0 fully saturated rings. The summed E-state index contributed by atoms with van der Waals surface area (Å²) in [6.45, 7) is 4.37. The molecule has 3 heterocycles. The molecule has 8 nitrogen and oxygen atoms in total. The molecule has 2 aromatic heterocycles. The van der Waals surface area contributed by atoms with Crippen molar-refractivity contribution in [2.45, 2.75) is 39.5 Å². The van der Waals surface area contributed by atoms with Gasteiger partial charge in [-0.05, 0) is 49.6 Å². The average Bonchev–Trinajstić information content (AvgIpc) is 3.34. The molecule has 0 atom stereocenters. The van der Waals surface area contributed by atoms with Crippen LogP contribution < -0.4 is 4.66 Å². The van der Waals surface area contributed by atoms with Gasteiger partial charge in [-0.25, -0.2) is 4.99 Å². The number of aromatic amines is 2. The maximum absolute atomic E-state index is 8.83. The first-order chi connectivity index (χ1) is 13.7. The van der Waals surface area contributed by atoms with Gasteiger partial charge in [0.1, 0.15) is 11.5 Å². The summed E-state index contributed by atoms with van der Waals surface area (Å²) in [5, 5.41) is 0. The molecule has 0 aromatic carbocycles. The van der Waals surface area contributed by atoms with Gasteiger partial charge >= 0.3 is 28.9 Å². The van der Waals surface area contributed by atoms with E-state index in [1.165, 1.54) is 30.5 Å². The molecule has 0 saturated carbocycles. The third kappa shape index (κ3) is 7.52. The second-order valence-electron chi connectivity index (χ2n) is 6.59. The summed E-state index contributed by atoms with van der Waals surface area (Å²) in [7, 11) is -2.51. The summed E-state index contributed by atoms with van der Waals surface area (Å²) >= 11 is 0. The summed E-state index contributed by atoms with van der Waals surface area (Å²) in [4.78, 5) is 11.3. The van der Waals surface area contributed by atoms with Crippen LogP contribution in [0.2, 0.25) is 0 Å². The van der Waals surface area contributed by atoms with Crippen LogP contribution in [0.15, 0.2) is 46.9 Å². The normalized spacial score (nSPS) is 15.6. The number of ether oxygens (including phenoxy) is 1. The van der Waals surface area contributed by atoms with E-state index in [1.807, 2.05) is 24.4 Å². The second kappa shape index (κ2) is 10.4. The molecule has 0 radical (unpaired) electrons. The zero-order chi connectivity index (χ0) is 21.4. The Kier molecular flexibility index (Phi) is 8.24. The van der Waals surface area contributed by atoms with Crippen molar-refractivity contribution in [3.05, 3.63) is 64.6 Å². The van der Waals surface area contributed by atoms with Crippen LogP contribution in [-0.2, 0) is 11.2 Å². The number of aliphatic imine (C=N–C) groups is 1. The van der Waals surface area contributed by atoms with Gasteiger partial charge in [-0.15, -0.1) is 0 Å². The zero-order valence-corrected chi connectivity index (χ0v) is 17.5. The number of unbranched alkanes of at least 4 members (excludes halogenated alkanes) is 2. The van der Waals surface area contributed by atoms with E-state index in [-0.39, 0.29) is 0 Å². The molecule has 0 unspecified atom stereocenters. The van der Waals surface area contributed by atoms with E-state index in [2.05, 4.69) is 36.0 Å². The van der Waals surface area contributed by atoms with Crippen molar-refractivity contribution in [3.8, 4) is 0 Å². The van der Waals surface area contributed by atoms with Crippen molar-refractivity contribution in [3.63, 3.8) is 0 Å². The van der Waals surface area contributed by atoms with E-state index < -0.39 is 10.2 Å². The number of methoxy groups -OCH3 is 1. The van der Waals surface area contributed by atoms with Gasteiger partial charge in [0.2, 0.25) is 0 Å². The molecule has 3 rings (SSSR count). The number of aromatic nitrogens is 2. The molecule has 0 saturated heterocycles. The van der Waals surface area contributed by atoms with Crippen LogP contribution in [-0.4, -0.2) is 36.8 Å². The number of aryl methyl sites for hydroxylation is 2. The predicted octanol–water partition coefficient (Wildman–Crippen LogP) is 1.90. The van der Waals surface area contributed by atoms with Gasteiger partial charge < -0.3 is 14.7 Å². The van der Waals surface area contributed by atoms with E-state index >= 15 is 0 Å². The Balaban J connectivity index is 0.000000537. The van der Waals surface area contributed by atoms with Crippen molar-refractivity contribution in [2.75, 3.05) is 7.11 Å². The van der Waals surface area contributed by atoms with Gasteiger partial charge in [-0.2, -0.15) is 0 Å². The van der Waals surface area contributed by atoms with E-state index in [0.29, 0.717) is 0 Å². The van der Waals surface area contributed by atoms with Crippen molar-refractivity contribution in [1.82, 2.24) is 9.97 Å². The van der Waals surface area contributed by atoms with Crippen LogP contribution in [0.4, 0.5) is 0 Å². The molecule has 0 bridgehead atoms. The fourth-order valence-electron chi connectivity index (χ4n) is 2.99. The molecule has 160 valence electrons. The minimum atomic E-state index is -4.19. The van der Waals surface area contributed by atoms with Gasteiger partial charge in [0, 0.05) is 23.7 Å². The van der Waals surface area contributed by atoms with Gasteiger partial charge in [0.25, 0.3) is 0 Å². The van der Waals surface area contributed by atoms with Crippen molar-refractivity contribution < 1.29 is 33.6 Å². The van der Waals surface area contributed by atoms with E-state index in [0.717, 1.165) is 35.0 Å². The Morgan fingerprint density at radius 2 is 2.00 bits per heavy atom. The van der Waals surface area contributed by atoms with Crippen LogP contribution in [0.3, 0.4) is 0 Å². The Bertz CT molecular complexity index is 871. The maximum atomic E-state index is 8.83. The quantitative estimate of drug-likeness (QED) is 0.431. The van der Waals surface area contributed by atoms with Crippen LogP contribution in [0.1, 0.15) is 48.8 Å². The fourth-order valence-corrected chi connectivity index (χ4v) is 2.99. The van der Waals surface area contributed by atoms with E-state index in [4.69, 9.17) is 28.4 Å². The molecule has 1 aliphatic rings. The molecule has 0 amide bonds. The predicted molar refractivity (Wildman–Crippen MR) is 106 cm³/mol. The first kappa shape index (κ1) is 22.9. The van der Waals surface area contributed by atoms with Crippen LogP contribution in [0.5, 0.6) is 0 Å². The summed E-state index contributed by atoms with van der Waals surface area (Å²) in [6.07, 6.45) is 10.8. The third-order valence-electron chi connectivity index (χ3n) is 4.34. The van der Waals surface area contributed by atoms with Gasteiger partial charge in [-0.3, -0.25) is 0 Å². The van der Waals surface area contributed by atoms with Gasteiger partial charge in [0.15, 0.2) is 0 Å². The number of hydrogen-bond acceptors (Lipinski definition) is 6. The van der Waals surface area contributed by atoms with Crippen LogP contribution in [0.25, 0.3) is 6.08 Å². The molecule has 2 aromatic rings. The van der Waals surface area contributed by atoms with E-state index in [1.54, 1.807) is 7.11 Å². The van der Waals surface area contributed by atoms with Gasteiger partial charge in [0.05, 0.1) is 18.5 Å². The first-order valence-electron chi connectivity index (χ1n) is 9.26. The Labute approximate surface area is 172 Å². The number of hydrogen-bond donors (Lipinski definition) is 5. The molecule has 0 spiro atoms. The SMILES string of the molecule is CCCCCc1cc(/C=C2\N=C(c3ccc[nH]3)C=C2OC)[nH]c1C.[O-][Cl+](O)(O)O. The number of H-pyrrole nitrogens is 2. The molecule has 9 heteroatoms. The molecule has 5 N–H and O–H groups in total. The Morgan fingerprint density at radius 3 is 2.59 bits per heavy atom. The summed E-state index contributed by atoms with van der Waals surface area (Å²) in [5.74, 6) is 0.791. The van der Waals surface area contributed by atoms with Gasteiger partial charge in [-0.1, -0.05) is 19.8 Å². The standard InChI is InChI=1S/C20H25N3O.ClH3O4/c1-4-5-6-8-15-11-16(22-14(15)2)12-19-20(24-3)13-18(23-19)17-9-7-10-21-17;2-1(3,4)5/h7,9-13,21-22H,4-6,8H2,1-3H3;2-4H/b19-12-;. The third-order valence-corrected chi connectivity index (χ3v) is 4.34. The minimum absolute atomic E-state index is 0.791. The number of nitrogens with zero attached hydrogens (tertiary/aromatic N) is 1. The topological polar surface area (TPSA) is 137 Å².